The van der Waals surface area contributed by atoms with Crippen molar-refractivity contribution in [3.05, 3.63) is 169 Å². The van der Waals surface area contributed by atoms with Gasteiger partial charge in [0.05, 0.1) is 0 Å². The average Bonchev–Trinajstić information content (AvgIpc) is 3.08. The van der Waals surface area contributed by atoms with Gasteiger partial charge in [0, 0.05) is 0 Å². The van der Waals surface area contributed by atoms with Gasteiger partial charge in [0.2, 0.25) is 0 Å². The lowest BCUT2D eigenvalue weighted by Gasteiger charge is -2.25. The topological polar surface area (TPSA) is 0 Å². The molecule has 0 aromatic heterocycles. The molecular formula is C43H35P. The highest BCUT2D eigenvalue weighted by atomic mass is 31.1. The number of allylic oxidation sites excluding steroid dienone is 8. The zero-order chi connectivity index (χ0) is 30.5. The minimum Gasteiger partial charge on any atom is -0.0984 e. The Morgan fingerprint density at radius 2 is 1.07 bits per heavy atom. The van der Waals surface area contributed by atoms with E-state index in [9.17, 15) is 0 Å². The van der Waals surface area contributed by atoms with Crippen molar-refractivity contribution in [1.82, 2.24) is 0 Å². The fourth-order valence-electron chi connectivity index (χ4n) is 6.45. The molecule has 0 N–H and O–H groups in total. The van der Waals surface area contributed by atoms with E-state index in [1.165, 1.54) is 71.3 Å². The lowest BCUT2D eigenvalue weighted by Crippen LogP contribution is -2.00. The second kappa shape index (κ2) is 13.1. The minimum atomic E-state index is 0.972. The largest absolute Gasteiger partial charge is 0.0984 e. The molecule has 6 rings (SSSR count). The first kappa shape index (κ1) is 29.1. The van der Waals surface area contributed by atoms with Gasteiger partial charge in [0.25, 0.3) is 0 Å². The molecule has 0 heterocycles. The summed E-state index contributed by atoms with van der Waals surface area (Å²) in [5.74, 6) is 2.13. The molecule has 0 amide bonds. The van der Waals surface area contributed by atoms with Crippen LogP contribution in [0.5, 0.6) is 0 Å². The first-order valence-electron chi connectivity index (χ1n) is 15.0. The molecule has 0 spiro atoms. The predicted molar refractivity (Wildman–Crippen MR) is 200 cm³/mol. The maximum absolute atomic E-state index is 4.33. The monoisotopic (exact) mass is 582 g/mol. The van der Waals surface area contributed by atoms with Crippen molar-refractivity contribution in [2.75, 3.05) is 0 Å². The fourth-order valence-corrected chi connectivity index (χ4v) is 6.71. The molecule has 0 aliphatic carbocycles. The van der Waals surface area contributed by atoms with Crippen LogP contribution in [-0.2, 0) is 0 Å². The molecule has 0 radical (unpaired) electrons. The van der Waals surface area contributed by atoms with Crippen LogP contribution >= 0.6 is 8.20 Å². The van der Waals surface area contributed by atoms with Crippen molar-refractivity contribution in [2.24, 2.45) is 0 Å². The van der Waals surface area contributed by atoms with E-state index in [-0.39, 0.29) is 0 Å². The standard InChI is InChI=1S/C43H35P/c1-5-8-19-30(6-2)38-34-24-15-17-26-36(34)40(32-20-11-9-12-21-32)43-41(33-22-13-10-14-23-33)37-27-18-16-25-35(37)39(42(38)43)31(7-3)28-29-44-4/h5-29H,2,4H2,1,3H3/b8-5-,29-28-,30-19+,31-7+. The van der Waals surface area contributed by atoms with Gasteiger partial charge in [-0.2, -0.15) is 0 Å². The summed E-state index contributed by atoms with van der Waals surface area (Å²) in [5.41, 5.74) is 9.58. The number of hydrogen-bond donors (Lipinski definition) is 0. The highest BCUT2D eigenvalue weighted by Crippen LogP contribution is 2.51. The summed E-state index contributed by atoms with van der Waals surface area (Å²) in [6.45, 7) is 8.52. The van der Waals surface area contributed by atoms with E-state index in [1.54, 1.807) is 0 Å². The molecule has 44 heavy (non-hydrogen) atoms. The summed E-state index contributed by atoms with van der Waals surface area (Å²) in [4.78, 5) is 0. The lowest BCUT2D eigenvalue weighted by molar-refractivity contribution is 1.62. The molecule has 0 bridgehead atoms. The Balaban J connectivity index is 2.07. The van der Waals surface area contributed by atoms with Crippen LogP contribution in [-0.4, -0.2) is 6.30 Å². The third-order valence-corrected chi connectivity index (χ3v) is 8.60. The smallest absolute Gasteiger partial charge is 0.000139 e. The fraction of sp³-hybridized carbons (Fsp3) is 0.0465. The van der Waals surface area contributed by atoms with Gasteiger partial charge in [-0.25, -0.2) is 0 Å². The van der Waals surface area contributed by atoms with Crippen molar-refractivity contribution < 1.29 is 0 Å². The molecule has 0 fully saturated rings. The van der Waals surface area contributed by atoms with Gasteiger partial charge in [-0.3, -0.25) is 0 Å². The SMILES string of the molecule is C=C/C(=C\C=C/C)c1c2ccccc2c(-c2ccccc2)c2c(-c3ccccc3)c3ccccc3c(C(/C=C\P=C)=C/C)c12. The number of rotatable bonds is 8. The van der Waals surface area contributed by atoms with Crippen molar-refractivity contribution in [3.63, 3.8) is 0 Å². The second-order valence-electron chi connectivity index (χ2n) is 10.7. The lowest BCUT2D eigenvalue weighted by atomic mass is 9.77. The summed E-state index contributed by atoms with van der Waals surface area (Å²) in [5, 5.41) is 7.37. The Morgan fingerprint density at radius 3 is 1.52 bits per heavy atom. The Morgan fingerprint density at radius 1 is 0.591 bits per heavy atom. The molecule has 0 aliphatic heterocycles. The van der Waals surface area contributed by atoms with Crippen molar-refractivity contribution in [3.8, 4) is 22.3 Å². The summed E-state index contributed by atoms with van der Waals surface area (Å²) in [6.07, 6.45) is 16.9. The van der Waals surface area contributed by atoms with Crippen LogP contribution in [0.15, 0.2) is 158 Å². The number of hydrogen-bond acceptors (Lipinski definition) is 0. The maximum Gasteiger partial charge on any atom is -0.000139 e. The molecule has 0 atom stereocenters. The van der Waals surface area contributed by atoms with Crippen molar-refractivity contribution in [1.29, 1.82) is 0 Å². The summed E-state index contributed by atoms with van der Waals surface area (Å²) >= 11 is 0. The number of benzene rings is 6. The van der Waals surface area contributed by atoms with Crippen LogP contribution < -0.4 is 0 Å². The van der Waals surface area contributed by atoms with Gasteiger partial charge >= 0.3 is 0 Å². The summed E-state index contributed by atoms with van der Waals surface area (Å²) in [6, 6.07) is 39.5. The van der Waals surface area contributed by atoms with Gasteiger partial charge in [-0.05, 0) is 96.5 Å². The van der Waals surface area contributed by atoms with Crippen LogP contribution in [0.1, 0.15) is 25.0 Å². The van der Waals surface area contributed by atoms with Crippen LogP contribution in [0.2, 0.25) is 0 Å². The van der Waals surface area contributed by atoms with Crippen LogP contribution in [0.3, 0.4) is 0 Å². The maximum atomic E-state index is 4.33. The van der Waals surface area contributed by atoms with E-state index in [4.69, 9.17) is 0 Å². The van der Waals surface area contributed by atoms with Gasteiger partial charge < -0.3 is 0 Å². The van der Waals surface area contributed by atoms with E-state index in [2.05, 4.69) is 172 Å². The quantitative estimate of drug-likeness (QED) is 0.0951. The highest BCUT2D eigenvalue weighted by molar-refractivity contribution is 7.40. The van der Waals surface area contributed by atoms with E-state index >= 15 is 0 Å². The number of fused-ring (bicyclic) bond motifs is 3. The van der Waals surface area contributed by atoms with E-state index in [1.807, 2.05) is 6.08 Å². The van der Waals surface area contributed by atoms with E-state index < -0.39 is 0 Å². The Kier molecular flexibility index (Phi) is 8.64. The Hall–Kier alpha value is -5.03. The third-order valence-electron chi connectivity index (χ3n) is 8.24. The summed E-state index contributed by atoms with van der Waals surface area (Å²) < 4.78 is 0. The van der Waals surface area contributed by atoms with Crippen LogP contribution in [0, 0.1) is 0 Å². The van der Waals surface area contributed by atoms with Crippen molar-refractivity contribution >= 4 is 58.0 Å². The Labute approximate surface area is 262 Å². The summed E-state index contributed by atoms with van der Waals surface area (Å²) in [7, 11) is 0.972. The third kappa shape index (κ3) is 5.09. The van der Waals surface area contributed by atoms with E-state index in [0.29, 0.717) is 0 Å². The average molecular weight is 583 g/mol. The second-order valence-corrected chi connectivity index (χ2v) is 11.3. The molecule has 0 nitrogen and oxygen atoms in total. The molecule has 0 aliphatic rings. The van der Waals surface area contributed by atoms with Gasteiger partial charge in [-0.15, -0.1) is 0 Å². The molecule has 0 saturated heterocycles. The van der Waals surface area contributed by atoms with Crippen molar-refractivity contribution in [2.45, 2.75) is 13.8 Å². The van der Waals surface area contributed by atoms with Gasteiger partial charge in [0.15, 0.2) is 0 Å². The zero-order valence-corrected chi connectivity index (χ0v) is 26.2. The minimum absolute atomic E-state index is 0.972. The molecular weight excluding hydrogens is 547 g/mol. The van der Waals surface area contributed by atoms with E-state index in [0.717, 1.165) is 13.8 Å². The van der Waals surface area contributed by atoms with Gasteiger partial charge in [0.1, 0.15) is 0 Å². The highest BCUT2D eigenvalue weighted by Gasteiger charge is 2.25. The van der Waals surface area contributed by atoms with Gasteiger partial charge in [-0.1, -0.05) is 167 Å². The molecule has 1 heteroatoms. The normalized spacial score (nSPS) is 12.8. The first-order valence-corrected chi connectivity index (χ1v) is 16.2. The first-order chi connectivity index (χ1) is 21.7. The van der Waals surface area contributed by atoms with Crippen LogP contribution in [0.4, 0.5) is 0 Å². The zero-order valence-electron chi connectivity index (χ0n) is 25.3. The molecule has 0 unspecified atom stereocenters. The predicted octanol–water partition coefficient (Wildman–Crippen LogP) is 12.9. The molecule has 0 saturated carbocycles. The molecule has 6 aromatic rings. The van der Waals surface area contributed by atoms with Crippen LogP contribution in [0.25, 0.3) is 65.7 Å². The molecule has 212 valence electrons. The molecule has 6 aromatic carbocycles. The Bertz CT molecular complexity index is 2090.